The van der Waals surface area contributed by atoms with Crippen molar-refractivity contribution in [2.24, 2.45) is 0 Å². The molecule has 0 aliphatic heterocycles. The van der Waals surface area contributed by atoms with Gasteiger partial charge in [0.15, 0.2) is 0 Å². The molecular weight excluding hydrogens is 250 g/mol. The van der Waals surface area contributed by atoms with E-state index in [1.54, 1.807) is 16.4 Å². The molecule has 0 bridgehead atoms. The van der Waals surface area contributed by atoms with Gasteiger partial charge >= 0.3 is 5.69 Å². The number of benzene rings is 1. The maximum atomic E-state index is 10.5. The molecule has 0 N–H and O–H groups in total. The predicted molar refractivity (Wildman–Crippen MR) is 71.5 cm³/mol. The Morgan fingerprint density at radius 1 is 1.33 bits per heavy atom. The van der Waals surface area contributed by atoms with E-state index < -0.39 is 4.92 Å². The zero-order chi connectivity index (χ0) is 12.8. The predicted octanol–water partition coefficient (Wildman–Crippen LogP) is 2.72. The lowest BCUT2D eigenvalue weighted by atomic mass is 10.2. The number of aromatic nitrogens is 2. The minimum atomic E-state index is -0.430. The number of nitro groups is 1. The van der Waals surface area contributed by atoms with Crippen molar-refractivity contribution in [3.8, 4) is 0 Å². The van der Waals surface area contributed by atoms with Crippen molar-refractivity contribution in [3.63, 3.8) is 0 Å². The SMILES string of the molecule is O=[N+]([O-])c1cnn(CCSCc2ccccc2)c1. The van der Waals surface area contributed by atoms with Crippen molar-refractivity contribution in [1.82, 2.24) is 9.78 Å². The Hall–Kier alpha value is -1.82. The van der Waals surface area contributed by atoms with Crippen LogP contribution in [0.15, 0.2) is 42.7 Å². The molecular formula is C12H13N3O2S. The lowest BCUT2D eigenvalue weighted by Crippen LogP contribution is -2.00. The molecule has 2 rings (SSSR count). The number of hydrogen-bond donors (Lipinski definition) is 0. The van der Waals surface area contributed by atoms with Gasteiger partial charge in [-0.2, -0.15) is 16.9 Å². The van der Waals surface area contributed by atoms with Gasteiger partial charge in [0.25, 0.3) is 0 Å². The van der Waals surface area contributed by atoms with Crippen LogP contribution >= 0.6 is 11.8 Å². The first-order valence-corrected chi connectivity index (χ1v) is 6.70. The van der Waals surface area contributed by atoms with Gasteiger partial charge in [-0.25, -0.2) is 0 Å². The van der Waals surface area contributed by atoms with Crippen LogP contribution in [0.4, 0.5) is 5.69 Å². The van der Waals surface area contributed by atoms with E-state index >= 15 is 0 Å². The number of rotatable bonds is 6. The molecule has 0 atom stereocenters. The second-order valence-corrected chi connectivity index (χ2v) is 4.86. The quantitative estimate of drug-likeness (QED) is 0.457. The summed E-state index contributed by atoms with van der Waals surface area (Å²) in [6, 6.07) is 10.2. The van der Waals surface area contributed by atoms with Gasteiger partial charge in [0.05, 0.1) is 11.5 Å². The van der Waals surface area contributed by atoms with Crippen molar-refractivity contribution in [1.29, 1.82) is 0 Å². The first-order chi connectivity index (χ1) is 8.75. The van der Waals surface area contributed by atoms with Crippen LogP contribution in [0.25, 0.3) is 0 Å². The highest BCUT2D eigenvalue weighted by atomic mass is 32.2. The number of aryl methyl sites for hydroxylation is 1. The van der Waals surface area contributed by atoms with E-state index in [4.69, 9.17) is 0 Å². The van der Waals surface area contributed by atoms with Crippen LogP contribution in [-0.2, 0) is 12.3 Å². The van der Waals surface area contributed by atoms with Gasteiger partial charge < -0.3 is 0 Å². The zero-order valence-electron chi connectivity index (χ0n) is 9.73. The monoisotopic (exact) mass is 263 g/mol. The number of nitrogens with zero attached hydrogens (tertiary/aromatic N) is 3. The Morgan fingerprint density at radius 2 is 2.11 bits per heavy atom. The van der Waals surface area contributed by atoms with Gasteiger partial charge in [0, 0.05) is 11.5 Å². The summed E-state index contributed by atoms with van der Waals surface area (Å²) in [5, 5.41) is 14.4. The molecule has 0 spiro atoms. The lowest BCUT2D eigenvalue weighted by molar-refractivity contribution is -0.385. The van der Waals surface area contributed by atoms with Crippen molar-refractivity contribution >= 4 is 17.4 Å². The van der Waals surface area contributed by atoms with E-state index in [0.29, 0.717) is 6.54 Å². The van der Waals surface area contributed by atoms with Crippen LogP contribution in [0.2, 0.25) is 0 Å². The van der Waals surface area contributed by atoms with Gasteiger partial charge in [-0.15, -0.1) is 0 Å². The second kappa shape index (κ2) is 6.20. The van der Waals surface area contributed by atoms with E-state index in [1.807, 2.05) is 18.2 Å². The molecule has 0 amide bonds. The Morgan fingerprint density at radius 3 is 2.78 bits per heavy atom. The van der Waals surface area contributed by atoms with Gasteiger partial charge in [-0.1, -0.05) is 30.3 Å². The molecule has 0 aliphatic carbocycles. The molecule has 0 saturated heterocycles. The molecule has 0 saturated carbocycles. The second-order valence-electron chi connectivity index (χ2n) is 3.76. The summed E-state index contributed by atoms with van der Waals surface area (Å²) >= 11 is 1.79. The van der Waals surface area contributed by atoms with E-state index in [1.165, 1.54) is 18.0 Å². The summed E-state index contributed by atoms with van der Waals surface area (Å²) < 4.78 is 1.61. The maximum Gasteiger partial charge on any atom is 0.306 e. The van der Waals surface area contributed by atoms with Crippen molar-refractivity contribution in [2.75, 3.05) is 5.75 Å². The molecule has 1 aromatic heterocycles. The van der Waals surface area contributed by atoms with Gasteiger partial charge in [0.1, 0.15) is 12.4 Å². The average Bonchev–Trinajstić information content (AvgIpc) is 2.85. The third-order valence-corrected chi connectivity index (χ3v) is 3.42. The smallest absolute Gasteiger partial charge is 0.265 e. The Bertz CT molecular complexity index is 513. The standard InChI is InChI=1S/C12H13N3O2S/c16-15(17)12-8-13-14(9-12)6-7-18-10-11-4-2-1-3-5-11/h1-5,8-9H,6-7,10H2. The van der Waals surface area contributed by atoms with Crippen molar-refractivity contribution < 1.29 is 4.92 Å². The van der Waals surface area contributed by atoms with E-state index in [9.17, 15) is 10.1 Å². The summed E-state index contributed by atoms with van der Waals surface area (Å²) in [5.41, 5.74) is 1.33. The third kappa shape index (κ3) is 3.59. The van der Waals surface area contributed by atoms with Crippen LogP contribution < -0.4 is 0 Å². The molecule has 0 aliphatic rings. The van der Waals surface area contributed by atoms with E-state index in [-0.39, 0.29) is 5.69 Å². The van der Waals surface area contributed by atoms with E-state index in [2.05, 4.69) is 17.2 Å². The highest BCUT2D eigenvalue weighted by Gasteiger charge is 2.07. The van der Waals surface area contributed by atoms with Gasteiger partial charge in [-0.3, -0.25) is 14.8 Å². The van der Waals surface area contributed by atoms with Gasteiger partial charge in [-0.05, 0) is 5.56 Å². The van der Waals surface area contributed by atoms with Crippen LogP contribution in [-0.4, -0.2) is 20.5 Å². The number of hydrogen-bond acceptors (Lipinski definition) is 4. The lowest BCUT2D eigenvalue weighted by Gasteiger charge is -2.02. The minimum absolute atomic E-state index is 0.0445. The summed E-state index contributed by atoms with van der Waals surface area (Å²) in [7, 11) is 0. The summed E-state index contributed by atoms with van der Waals surface area (Å²) in [6.07, 6.45) is 2.74. The highest BCUT2D eigenvalue weighted by Crippen LogP contribution is 2.13. The van der Waals surface area contributed by atoms with Crippen molar-refractivity contribution in [2.45, 2.75) is 12.3 Å². The molecule has 1 heterocycles. The minimum Gasteiger partial charge on any atom is -0.265 e. The molecule has 6 heteroatoms. The summed E-state index contributed by atoms with van der Waals surface area (Å²) in [6.45, 7) is 0.686. The summed E-state index contributed by atoms with van der Waals surface area (Å²) in [4.78, 5) is 10.0. The Balaban J connectivity index is 1.73. The molecule has 0 unspecified atom stereocenters. The highest BCUT2D eigenvalue weighted by molar-refractivity contribution is 7.98. The molecule has 94 valence electrons. The van der Waals surface area contributed by atoms with E-state index in [0.717, 1.165) is 11.5 Å². The topological polar surface area (TPSA) is 61.0 Å². The van der Waals surface area contributed by atoms with Crippen LogP contribution in [0.5, 0.6) is 0 Å². The number of thioether (sulfide) groups is 1. The maximum absolute atomic E-state index is 10.5. The Labute approximate surface area is 109 Å². The normalized spacial score (nSPS) is 10.4. The molecule has 2 aromatic rings. The fourth-order valence-corrected chi connectivity index (χ4v) is 2.38. The van der Waals surface area contributed by atoms with Gasteiger partial charge in [0.2, 0.25) is 0 Å². The van der Waals surface area contributed by atoms with Crippen LogP contribution in [0, 0.1) is 10.1 Å². The first kappa shape index (κ1) is 12.6. The van der Waals surface area contributed by atoms with Crippen LogP contribution in [0.1, 0.15) is 5.56 Å². The fraction of sp³-hybridized carbons (Fsp3) is 0.250. The van der Waals surface area contributed by atoms with Crippen molar-refractivity contribution in [3.05, 3.63) is 58.4 Å². The largest absolute Gasteiger partial charge is 0.306 e. The summed E-state index contributed by atoms with van der Waals surface area (Å²) in [5.74, 6) is 1.83. The third-order valence-electron chi connectivity index (χ3n) is 2.41. The Kier molecular flexibility index (Phi) is 4.35. The molecule has 0 fully saturated rings. The first-order valence-electron chi connectivity index (χ1n) is 5.54. The fourth-order valence-electron chi connectivity index (χ4n) is 1.49. The molecule has 1 aromatic carbocycles. The molecule has 5 nitrogen and oxygen atoms in total. The van der Waals surface area contributed by atoms with Crippen LogP contribution in [0.3, 0.4) is 0 Å². The molecule has 18 heavy (non-hydrogen) atoms. The zero-order valence-corrected chi connectivity index (χ0v) is 10.5. The average molecular weight is 263 g/mol. The molecule has 0 radical (unpaired) electrons.